The van der Waals surface area contributed by atoms with E-state index in [1.807, 2.05) is 0 Å². The van der Waals surface area contributed by atoms with Crippen LogP contribution in [-0.4, -0.2) is 14.8 Å². The van der Waals surface area contributed by atoms with Crippen molar-refractivity contribution >= 4 is 17.1 Å². The summed E-state index contributed by atoms with van der Waals surface area (Å²) in [6.07, 6.45) is 0. The maximum Gasteiger partial charge on any atom is 0.422 e. The lowest BCUT2D eigenvalue weighted by molar-refractivity contribution is -0.441. The number of rotatable bonds is 4. The van der Waals surface area contributed by atoms with E-state index >= 15 is 0 Å². The quantitative estimate of drug-likeness (QED) is 0.587. The lowest BCUT2D eigenvalue weighted by Gasteiger charge is -2.03. The molecule has 0 aliphatic rings. The van der Waals surface area contributed by atoms with E-state index in [0.717, 1.165) is 6.07 Å². The van der Waals surface area contributed by atoms with E-state index in [0.29, 0.717) is 6.07 Å². The Morgan fingerprint density at radius 3 is 1.75 bits per heavy atom. The van der Waals surface area contributed by atoms with Crippen LogP contribution in [0.25, 0.3) is 0 Å². The minimum Gasteiger partial charge on any atom is -0.258 e. The Labute approximate surface area is 109 Å². The van der Waals surface area contributed by atoms with Gasteiger partial charge in [-0.2, -0.15) is 10.5 Å². The van der Waals surface area contributed by atoms with Crippen molar-refractivity contribution in [1.82, 2.24) is 0 Å². The Morgan fingerprint density at radius 2 is 1.40 bits per heavy atom. The zero-order chi connectivity index (χ0) is 15.4. The van der Waals surface area contributed by atoms with Crippen molar-refractivity contribution in [1.29, 1.82) is 10.5 Å². The molecule has 0 aromatic heterocycles. The fourth-order valence-corrected chi connectivity index (χ4v) is 1.50. The third-order valence-electron chi connectivity index (χ3n) is 2.29. The third-order valence-corrected chi connectivity index (χ3v) is 2.29. The van der Waals surface area contributed by atoms with Gasteiger partial charge < -0.3 is 0 Å². The monoisotopic (exact) mass is 277 g/mol. The molecular weight excluding hydrogens is 274 g/mol. The minimum atomic E-state index is -1.64. The number of hydrogen-bond acceptors (Lipinski definition) is 8. The topological polar surface area (TPSA) is 177 Å². The van der Waals surface area contributed by atoms with Crippen molar-refractivity contribution in [2.75, 3.05) is 0 Å². The zero-order valence-electron chi connectivity index (χ0n) is 9.42. The maximum atomic E-state index is 10.9. The van der Waals surface area contributed by atoms with Gasteiger partial charge in [0.1, 0.15) is 0 Å². The largest absolute Gasteiger partial charge is 0.422 e. The molecule has 1 rings (SSSR count). The molecule has 0 aliphatic heterocycles. The fraction of sp³-hybridized carbons (Fsp3) is 0.111. The lowest BCUT2D eigenvalue weighted by Crippen LogP contribution is -2.06. The number of hydrogen-bond donors (Lipinski definition) is 0. The normalized spacial score (nSPS) is 9.55. The number of nitriles is 2. The van der Waals surface area contributed by atoms with Gasteiger partial charge in [-0.25, -0.2) is 0 Å². The molecule has 100 valence electrons. The molecule has 11 heteroatoms. The van der Waals surface area contributed by atoms with Gasteiger partial charge in [-0.1, -0.05) is 0 Å². The molecule has 1 aromatic rings. The Balaban J connectivity index is 3.85. The van der Waals surface area contributed by atoms with Crippen LogP contribution >= 0.6 is 0 Å². The summed E-state index contributed by atoms with van der Waals surface area (Å²) in [4.78, 5) is 28.8. The third kappa shape index (κ3) is 2.32. The molecule has 0 spiro atoms. The Kier molecular flexibility index (Phi) is 3.88. The Morgan fingerprint density at radius 1 is 0.900 bits per heavy atom. The predicted octanol–water partition coefficient (Wildman–Crippen LogP) is 1.54. The van der Waals surface area contributed by atoms with Gasteiger partial charge in [-0.3, -0.25) is 30.3 Å². The summed E-state index contributed by atoms with van der Waals surface area (Å²) in [5.74, 6) is -1.64. The number of nitro groups is 3. The van der Waals surface area contributed by atoms with Gasteiger partial charge in [0, 0.05) is 6.07 Å². The molecule has 0 saturated carbocycles. The van der Waals surface area contributed by atoms with Gasteiger partial charge >= 0.3 is 17.1 Å². The van der Waals surface area contributed by atoms with Crippen molar-refractivity contribution in [2.45, 2.75) is 5.92 Å². The maximum absolute atomic E-state index is 10.9. The Hall–Kier alpha value is -3.60. The Bertz CT molecular complexity index is 686. The van der Waals surface area contributed by atoms with Crippen LogP contribution in [0.3, 0.4) is 0 Å². The molecule has 0 N–H and O–H groups in total. The molecule has 0 atom stereocenters. The highest BCUT2D eigenvalue weighted by molar-refractivity contribution is 5.70. The lowest BCUT2D eigenvalue weighted by atomic mass is 9.98. The molecule has 0 saturated heterocycles. The first-order valence-corrected chi connectivity index (χ1v) is 4.74. The van der Waals surface area contributed by atoms with E-state index in [2.05, 4.69) is 0 Å². The van der Waals surface area contributed by atoms with Crippen LogP contribution in [0.1, 0.15) is 11.5 Å². The molecule has 0 fully saturated rings. The number of nitro benzene ring substituents is 3. The van der Waals surface area contributed by atoms with E-state index < -0.39 is 43.3 Å². The molecule has 0 radical (unpaired) electrons. The summed E-state index contributed by atoms with van der Waals surface area (Å²) in [6.45, 7) is 0. The van der Waals surface area contributed by atoms with Crippen molar-refractivity contribution < 1.29 is 14.8 Å². The van der Waals surface area contributed by atoms with Gasteiger partial charge in [0.15, 0.2) is 5.92 Å². The van der Waals surface area contributed by atoms with Crippen LogP contribution in [0.2, 0.25) is 0 Å². The highest BCUT2D eigenvalue weighted by atomic mass is 16.6. The van der Waals surface area contributed by atoms with Crippen molar-refractivity contribution in [3.63, 3.8) is 0 Å². The SMILES string of the molecule is N#CC(C#N)c1ccc([N+](=O)[O-])c([N+](=O)[O-])c1[N+](=O)[O-]. The van der Waals surface area contributed by atoms with E-state index in [9.17, 15) is 30.3 Å². The molecule has 0 unspecified atom stereocenters. The van der Waals surface area contributed by atoms with Crippen LogP contribution in [-0.2, 0) is 0 Å². The van der Waals surface area contributed by atoms with Gasteiger partial charge in [0.25, 0.3) is 0 Å². The highest BCUT2D eigenvalue weighted by Gasteiger charge is 2.40. The van der Waals surface area contributed by atoms with Crippen molar-refractivity contribution in [3.05, 3.63) is 48.0 Å². The fourth-order valence-electron chi connectivity index (χ4n) is 1.50. The molecule has 0 bridgehead atoms. The molecular formula is C9H3N5O6. The molecule has 0 aliphatic carbocycles. The smallest absolute Gasteiger partial charge is 0.258 e. The standard InChI is InChI=1S/C9H3N5O6/c10-3-5(4-11)6-1-2-7(12(15)16)9(14(19)20)8(6)13(17)18/h1-2,5H. The highest BCUT2D eigenvalue weighted by Crippen LogP contribution is 2.41. The first kappa shape index (κ1) is 14.5. The second kappa shape index (κ2) is 5.36. The van der Waals surface area contributed by atoms with E-state index in [-0.39, 0.29) is 0 Å². The predicted molar refractivity (Wildman–Crippen MR) is 60.4 cm³/mol. The summed E-state index contributed by atoms with van der Waals surface area (Å²) in [5.41, 5.74) is -4.22. The molecule has 0 amide bonds. The minimum absolute atomic E-state index is 0.558. The number of benzene rings is 1. The van der Waals surface area contributed by atoms with Crippen molar-refractivity contribution in [3.8, 4) is 12.1 Å². The molecule has 20 heavy (non-hydrogen) atoms. The van der Waals surface area contributed by atoms with Crippen LogP contribution in [0.4, 0.5) is 17.1 Å². The molecule has 11 nitrogen and oxygen atoms in total. The average molecular weight is 277 g/mol. The molecule has 1 aromatic carbocycles. The van der Waals surface area contributed by atoms with Crippen molar-refractivity contribution in [2.24, 2.45) is 0 Å². The van der Waals surface area contributed by atoms with E-state index in [1.54, 1.807) is 0 Å². The zero-order valence-corrected chi connectivity index (χ0v) is 9.42. The first-order chi connectivity index (χ1) is 9.34. The summed E-state index contributed by atoms with van der Waals surface area (Å²) in [7, 11) is 0. The second-order valence-electron chi connectivity index (χ2n) is 3.33. The van der Waals surface area contributed by atoms with E-state index in [1.165, 1.54) is 12.1 Å². The van der Waals surface area contributed by atoms with Gasteiger partial charge in [0.2, 0.25) is 0 Å². The summed E-state index contributed by atoms with van der Waals surface area (Å²) >= 11 is 0. The molecule has 0 heterocycles. The number of nitrogens with zero attached hydrogens (tertiary/aromatic N) is 5. The first-order valence-electron chi connectivity index (χ1n) is 4.74. The summed E-state index contributed by atoms with van der Waals surface area (Å²) < 4.78 is 0. The average Bonchev–Trinajstić information content (AvgIpc) is 2.38. The second-order valence-corrected chi connectivity index (χ2v) is 3.33. The summed E-state index contributed by atoms with van der Waals surface area (Å²) in [6, 6.07) is 4.29. The van der Waals surface area contributed by atoms with Crippen LogP contribution < -0.4 is 0 Å². The summed E-state index contributed by atoms with van der Waals surface area (Å²) in [5, 5.41) is 49.8. The van der Waals surface area contributed by atoms with Crippen LogP contribution in [0.15, 0.2) is 12.1 Å². The van der Waals surface area contributed by atoms with Gasteiger partial charge in [-0.05, 0) is 6.07 Å². The van der Waals surface area contributed by atoms with Gasteiger partial charge in [0.05, 0.1) is 32.5 Å². The van der Waals surface area contributed by atoms with Gasteiger partial charge in [-0.15, -0.1) is 0 Å². The van der Waals surface area contributed by atoms with Crippen LogP contribution in [0.5, 0.6) is 0 Å². The van der Waals surface area contributed by atoms with E-state index in [4.69, 9.17) is 10.5 Å². The van der Waals surface area contributed by atoms with Crippen LogP contribution in [0, 0.1) is 53.0 Å².